The molecule has 0 heterocycles. The van der Waals surface area contributed by atoms with Crippen molar-refractivity contribution in [2.75, 3.05) is 0 Å². The van der Waals surface area contributed by atoms with Gasteiger partial charge in [-0.1, -0.05) is 121 Å². The fraction of sp³-hybridized carbons (Fsp3) is 0.333. The van der Waals surface area contributed by atoms with Gasteiger partial charge in [0, 0.05) is 23.7 Å². The Hall–Kier alpha value is -3.12. The van der Waals surface area contributed by atoms with Crippen LogP contribution in [0.3, 0.4) is 0 Å². The molecule has 2 saturated carbocycles. The summed E-state index contributed by atoms with van der Waals surface area (Å²) in [4.78, 5) is 0. The minimum Gasteiger partial charge on any atom is -0.0770 e. The van der Waals surface area contributed by atoms with Crippen molar-refractivity contribution in [2.24, 2.45) is 34.5 Å². The SMILES string of the molecule is C1=CC(C2(C3C=Cc4ccccc43)CC3CC(C4C=CC=C4)(C4C=Cc5ccccc54)CC3C2)C=C1. The van der Waals surface area contributed by atoms with E-state index in [1.54, 1.807) is 11.1 Å². The van der Waals surface area contributed by atoms with Crippen molar-refractivity contribution in [1.82, 2.24) is 0 Å². The Morgan fingerprint density at radius 1 is 0.472 bits per heavy atom. The standard InChI is InChI=1S/C36H34/c1-7-15-31-25(9-1)17-19-33(31)35(29-11-3-4-12-29)21-27-23-36(24-28(27)22-35,30-13-5-6-14-30)34-20-18-26-10-2-8-16-32(26)34/h1-20,27-30,33-34H,21-24H2. The van der Waals surface area contributed by atoms with Crippen molar-refractivity contribution < 1.29 is 0 Å². The molecule has 6 aliphatic carbocycles. The molecule has 2 aromatic carbocycles. The van der Waals surface area contributed by atoms with Crippen molar-refractivity contribution in [1.29, 1.82) is 0 Å². The first kappa shape index (κ1) is 21.0. The van der Waals surface area contributed by atoms with Crippen molar-refractivity contribution in [3.05, 3.63) is 132 Å². The molecule has 2 unspecified atom stereocenters. The molecule has 6 aliphatic rings. The molecule has 36 heavy (non-hydrogen) atoms. The van der Waals surface area contributed by atoms with Crippen LogP contribution >= 0.6 is 0 Å². The first-order chi connectivity index (χ1) is 17.8. The van der Waals surface area contributed by atoms with Gasteiger partial charge in [-0.15, -0.1) is 0 Å². The summed E-state index contributed by atoms with van der Waals surface area (Å²) in [7, 11) is 0. The highest BCUT2D eigenvalue weighted by Crippen LogP contribution is 2.71. The molecule has 0 amide bonds. The van der Waals surface area contributed by atoms with Crippen LogP contribution in [0.1, 0.15) is 59.8 Å². The quantitative estimate of drug-likeness (QED) is 0.422. The monoisotopic (exact) mass is 466 g/mol. The lowest BCUT2D eigenvalue weighted by molar-refractivity contribution is 0.143. The van der Waals surface area contributed by atoms with Gasteiger partial charge in [-0.2, -0.15) is 0 Å². The summed E-state index contributed by atoms with van der Waals surface area (Å²) in [5.74, 6) is 3.77. The maximum atomic E-state index is 2.55. The highest BCUT2D eigenvalue weighted by molar-refractivity contribution is 5.64. The zero-order chi connectivity index (χ0) is 23.7. The van der Waals surface area contributed by atoms with Gasteiger partial charge in [0.25, 0.3) is 0 Å². The molecule has 0 saturated heterocycles. The van der Waals surface area contributed by atoms with E-state index in [2.05, 4.69) is 121 Å². The summed E-state index contributed by atoms with van der Waals surface area (Å²) < 4.78 is 0. The van der Waals surface area contributed by atoms with Gasteiger partial charge in [-0.25, -0.2) is 0 Å². The lowest BCUT2D eigenvalue weighted by atomic mass is 9.59. The molecular weight excluding hydrogens is 432 g/mol. The number of allylic oxidation sites excluding steroid dienone is 10. The molecule has 0 radical (unpaired) electrons. The highest BCUT2D eigenvalue weighted by atomic mass is 14.6. The number of fused-ring (bicyclic) bond motifs is 3. The maximum absolute atomic E-state index is 2.55. The lowest BCUT2D eigenvalue weighted by Gasteiger charge is -2.44. The van der Waals surface area contributed by atoms with Crippen LogP contribution in [0.2, 0.25) is 0 Å². The van der Waals surface area contributed by atoms with Crippen LogP contribution in [-0.2, 0) is 0 Å². The van der Waals surface area contributed by atoms with Crippen molar-refractivity contribution in [2.45, 2.75) is 37.5 Å². The summed E-state index contributed by atoms with van der Waals surface area (Å²) in [5.41, 5.74) is 6.61. The number of benzene rings is 2. The molecule has 8 rings (SSSR count). The number of rotatable bonds is 4. The molecule has 0 nitrogen and oxygen atoms in total. The summed E-state index contributed by atoms with van der Waals surface area (Å²) in [6, 6.07) is 18.3. The zero-order valence-corrected chi connectivity index (χ0v) is 20.8. The van der Waals surface area contributed by atoms with E-state index in [0.717, 1.165) is 11.8 Å². The van der Waals surface area contributed by atoms with Crippen LogP contribution in [0.15, 0.2) is 109 Å². The van der Waals surface area contributed by atoms with E-state index in [-0.39, 0.29) is 0 Å². The molecule has 0 aromatic heterocycles. The third-order valence-corrected chi connectivity index (χ3v) is 10.9. The fourth-order valence-electron chi connectivity index (χ4n) is 9.53. The van der Waals surface area contributed by atoms with Gasteiger partial charge in [0.05, 0.1) is 0 Å². The Bertz CT molecular complexity index is 1250. The summed E-state index contributed by atoms with van der Waals surface area (Å²) in [5, 5.41) is 0. The van der Waals surface area contributed by atoms with E-state index in [1.807, 2.05) is 0 Å². The minimum atomic E-state index is 0.304. The molecule has 0 spiro atoms. The van der Waals surface area contributed by atoms with E-state index < -0.39 is 0 Å². The molecule has 2 fully saturated rings. The van der Waals surface area contributed by atoms with Crippen LogP contribution in [0.5, 0.6) is 0 Å². The largest absolute Gasteiger partial charge is 0.0770 e. The van der Waals surface area contributed by atoms with Crippen LogP contribution < -0.4 is 0 Å². The molecule has 178 valence electrons. The van der Waals surface area contributed by atoms with Gasteiger partial charge < -0.3 is 0 Å². The molecular formula is C36H34. The van der Waals surface area contributed by atoms with Gasteiger partial charge in [-0.05, 0) is 70.6 Å². The minimum absolute atomic E-state index is 0.304. The normalized spacial score (nSPS) is 37.4. The Labute approximate surface area is 215 Å². The first-order valence-corrected chi connectivity index (χ1v) is 14.0. The summed E-state index contributed by atoms with van der Waals surface area (Å²) in [6.07, 6.45) is 34.5. The summed E-state index contributed by atoms with van der Waals surface area (Å²) in [6.45, 7) is 0. The molecule has 0 N–H and O–H groups in total. The topological polar surface area (TPSA) is 0 Å². The molecule has 0 heteroatoms. The lowest BCUT2D eigenvalue weighted by Crippen LogP contribution is -2.36. The van der Waals surface area contributed by atoms with Crippen LogP contribution in [0.4, 0.5) is 0 Å². The van der Waals surface area contributed by atoms with Gasteiger partial charge in [0.1, 0.15) is 0 Å². The average molecular weight is 467 g/mol. The predicted octanol–water partition coefficient (Wildman–Crippen LogP) is 8.88. The third kappa shape index (κ3) is 2.82. The molecule has 2 atom stereocenters. The zero-order valence-electron chi connectivity index (χ0n) is 20.8. The fourth-order valence-corrected chi connectivity index (χ4v) is 9.53. The molecule has 2 aromatic rings. The van der Waals surface area contributed by atoms with E-state index in [0.29, 0.717) is 34.5 Å². The van der Waals surface area contributed by atoms with E-state index in [9.17, 15) is 0 Å². The van der Waals surface area contributed by atoms with Crippen LogP contribution in [0.25, 0.3) is 12.2 Å². The summed E-state index contributed by atoms with van der Waals surface area (Å²) >= 11 is 0. The maximum Gasteiger partial charge on any atom is 0.00925 e. The van der Waals surface area contributed by atoms with Gasteiger partial charge in [-0.3, -0.25) is 0 Å². The van der Waals surface area contributed by atoms with Gasteiger partial charge in [0.15, 0.2) is 0 Å². The highest BCUT2D eigenvalue weighted by Gasteiger charge is 2.61. The Kier molecular flexibility index (Phi) is 4.49. The van der Waals surface area contributed by atoms with Crippen molar-refractivity contribution in [3.8, 4) is 0 Å². The van der Waals surface area contributed by atoms with Crippen molar-refractivity contribution >= 4 is 12.2 Å². The van der Waals surface area contributed by atoms with E-state index in [1.165, 1.54) is 36.8 Å². The number of hydrogen-bond acceptors (Lipinski definition) is 0. The molecule has 0 bridgehead atoms. The van der Waals surface area contributed by atoms with Crippen molar-refractivity contribution in [3.63, 3.8) is 0 Å². The number of hydrogen-bond donors (Lipinski definition) is 0. The Morgan fingerprint density at radius 3 is 1.28 bits per heavy atom. The van der Waals surface area contributed by atoms with E-state index in [4.69, 9.17) is 0 Å². The molecule has 0 aliphatic heterocycles. The Balaban J connectivity index is 1.18. The second kappa shape index (κ2) is 7.69. The predicted molar refractivity (Wildman–Crippen MR) is 150 cm³/mol. The Morgan fingerprint density at radius 2 is 0.861 bits per heavy atom. The first-order valence-electron chi connectivity index (χ1n) is 14.0. The van der Waals surface area contributed by atoms with Gasteiger partial charge in [0.2, 0.25) is 0 Å². The van der Waals surface area contributed by atoms with Crippen LogP contribution in [0, 0.1) is 34.5 Å². The van der Waals surface area contributed by atoms with Gasteiger partial charge >= 0.3 is 0 Å². The second-order valence-corrected chi connectivity index (χ2v) is 12.3. The van der Waals surface area contributed by atoms with Crippen LogP contribution in [-0.4, -0.2) is 0 Å². The third-order valence-electron chi connectivity index (χ3n) is 10.9. The second-order valence-electron chi connectivity index (χ2n) is 12.3. The smallest absolute Gasteiger partial charge is 0.00925 e. The average Bonchev–Trinajstić information content (AvgIpc) is 3.74. The van der Waals surface area contributed by atoms with E-state index >= 15 is 0 Å².